The molecular weight excluding hydrogens is 290 g/mol. The molecule has 130 valence electrons. The van der Waals surface area contributed by atoms with Crippen molar-refractivity contribution in [3.63, 3.8) is 0 Å². The van der Waals surface area contributed by atoms with Gasteiger partial charge in [0.15, 0.2) is 0 Å². The lowest BCUT2D eigenvalue weighted by atomic mass is 9.54. The van der Waals surface area contributed by atoms with Crippen LogP contribution in [0.15, 0.2) is 43.3 Å². The highest BCUT2D eigenvalue weighted by Crippen LogP contribution is 2.53. The number of unbranched alkanes of at least 4 members (excludes halogenated alkanes) is 1. The summed E-state index contributed by atoms with van der Waals surface area (Å²) in [6.07, 6.45) is 12.0. The van der Waals surface area contributed by atoms with Crippen LogP contribution < -0.4 is 5.32 Å². The predicted molar refractivity (Wildman–Crippen MR) is 104 cm³/mol. The number of hydrogen-bond donors (Lipinski definition) is 1. The van der Waals surface area contributed by atoms with E-state index in [9.17, 15) is 0 Å². The van der Waals surface area contributed by atoms with Gasteiger partial charge in [-0.15, -0.1) is 0 Å². The van der Waals surface area contributed by atoms with Gasteiger partial charge >= 0.3 is 0 Å². The molecule has 1 aromatic carbocycles. The van der Waals surface area contributed by atoms with Gasteiger partial charge in [-0.25, -0.2) is 0 Å². The molecule has 0 aromatic heterocycles. The summed E-state index contributed by atoms with van der Waals surface area (Å²) in [7, 11) is 0. The summed E-state index contributed by atoms with van der Waals surface area (Å²) < 4.78 is 0. The normalized spacial score (nSPS) is 28.6. The van der Waals surface area contributed by atoms with Crippen LogP contribution in [0.25, 0.3) is 0 Å². The minimum atomic E-state index is 0.310. The molecule has 3 rings (SSSR count). The largest absolute Gasteiger partial charge is 0.366 e. The van der Waals surface area contributed by atoms with E-state index in [0.29, 0.717) is 17.3 Å². The van der Waals surface area contributed by atoms with Crippen molar-refractivity contribution in [1.29, 1.82) is 0 Å². The molecule has 3 unspecified atom stereocenters. The van der Waals surface area contributed by atoms with Crippen LogP contribution in [-0.4, -0.2) is 0 Å². The number of allylic oxidation sites excluding steroid dienone is 1. The standard InChI is InChI=1S/C23H33N/c1-5-7-9-18-11-12-19-13-14-21-20(17(3)24-6-2)10-8-15-23(21,4)22(19)16-18/h6,11-12,16,20-21,24H,2-3,5,7-10,13-15H2,1,4H3. The lowest BCUT2D eigenvalue weighted by Gasteiger charge is -2.51. The highest BCUT2D eigenvalue weighted by molar-refractivity contribution is 5.41. The summed E-state index contributed by atoms with van der Waals surface area (Å²) in [4.78, 5) is 0. The lowest BCUT2D eigenvalue weighted by molar-refractivity contribution is 0.124. The second-order valence-electron chi connectivity index (χ2n) is 8.03. The first-order valence-electron chi connectivity index (χ1n) is 9.78. The first-order valence-corrected chi connectivity index (χ1v) is 9.78. The molecule has 0 bridgehead atoms. The topological polar surface area (TPSA) is 12.0 Å². The predicted octanol–water partition coefficient (Wildman–Crippen LogP) is 5.90. The second-order valence-corrected chi connectivity index (χ2v) is 8.03. The maximum absolute atomic E-state index is 4.32. The van der Waals surface area contributed by atoms with Crippen LogP contribution in [0.1, 0.15) is 69.1 Å². The third-order valence-electron chi connectivity index (χ3n) is 6.58. The average molecular weight is 324 g/mol. The number of nitrogens with one attached hydrogen (secondary N) is 1. The van der Waals surface area contributed by atoms with Crippen molar-refractivity contribution >= 4 is 0 Å². The first kappa shape index (κ1) is 17.3. The number of hydrogen-bond acceptors (Lipinski definition) is 1. The highest BCUT2D eigenvalue weighted by Gasteiger charge is 2.46. The summed E-state index contributed by atoms with van der Waals surface area (Å²) in [5.74, 6) is 1.29. The maximum Gasteiger partial charge on any atom is 0.0108 e. The van der Waals surface area contributed by atoms with Crippen LogP contribution in [0.4, 0.5) is 0 Å². The molecule has 0 saturated heterocycles. The van der Waals surface area contributed by atoms with Gasteiger partial charge in [-0.2, -0.15) is 0 Å². The molecule has 1 nitrogen and oxygen atoms in total. The first-order chi connectivity index (χ1) is 11.6. The molecule has 2 aliphatic rings. The Morgan fingerprint density at radius 1 is 1.38 bits per heavy atom. The van der Waals surface area contributed by atoms with E-state index in [1.807, 2.05) is 0 Å². The van der Waals surface area contributed by atoms with E-state index in [2.05, 4.69) is 50.5 Å². The molecule has 0 aliphatic heterocycles. The molecule has 1 saturated carbocycles. The zero-order valence-electron chi connectivity index (χ0n) is 15.5. The van der Waals surface area contributed by atoms with E-state index >= 15 is 0 Å². The van der Waals surface area contributed by atoms with Crippen molar-refractivity contribution in [3.8, 4) is 0 Å². The van der Waals surface area contributed by atoms with Crippen LogP contribution in [0.3, 0.4) is 0 Å². The van der Waals surface area contributed by atoms with Crippen LogP contribution >= 0.6 is 0 Å². The minimum absolute atomic E-state index is 0.310. The van der Waals surface area contributed by atoms with Crippen LogP contribution in [0.5, 0.6) is 0 Å². The van der Waals surface area contributed by atoms with Gasteiger partial charge in [0.05, 0.1) is 0 Å². The van der Waals surface area contributed by atoms with Gasteiger partial charge in [-0.1, -0.05) is 58.0 Å². The fourth-order valence-corrected chi connectivity index (χ4v) is 5.25. The molecule has 0 heterocycles. The zero-order chi connectivity index (χ0) is 17.2. The minimum Gasteiger partial charge on any atom is -0.366 e. The fraction of sp³-hybridized carbons (Fsp3) is 0.565. The molecular formula is C23H33N. The van der Waals surface area contributed by atoms with Gasteiger partial charge < -0.3 is 5.32 Å². The van der Waals surface area contributed by atoms with E-state index in [0.717, 1.165) is 0 Å². The molecule has 1 aromatic rings. The summed E-state index contributed by atoms with van der Waals surface area (Å²) in [6, 6.07) is 7.34. The summed E-state index contributed by atoms with van der Waals surface area (Å²) >= 11 is 0. The maximum atomic E-state index is 4.32. The Kier molecular flexibility index (Phi) is 5.18. The van der Waals surface area contributed by atoms with E-state index in [4.69, 9.17) is 0 Å². The third kappa shape index (κ3) is 3.06. The van der Waals surface area contributed by atoms with Gasteiger partial charge in [0, 0.05) is 11.6 Å². The Hall–Kier alpha value is -1.50. The Morgan fingerprint density at radius 2 is 2.21 bits per heavy atom. The Morgan fingerprint density at radius 3 is 2.96 bits per heavy atom. The average Bonchev–Trinajstić information content (AvgIpc) is 2.59. The van der Waals surface area contributed by atoms with Gasteiger partial charge in [-0.05, 0) is 72.7 Å². The van der Waals surface area contributed by atoms with Crippen LogP contribution in [-0.2, 0) is 18.3 Å². The summed E-state index contributed by atoms with van der Waals surface area (Å²) in [6.45, 7) is 12.9. The number of fused-ring (bicyclic) bond motifs is 3. The second kappa shape index (κ2) is 7.17. The van der Waals surface area contributed by atoms with Crippen molar-refractivity contribution in [1.82, 2.24) is 5.32 Å². The molecule has 1 fully saturated rings. The van der Waals surface area contributed by atoms with Gasteiger partial charge in [0.25, 0.3) is 0 Å². The lowest BCUT2D eigenvalue weighted by Crippen LogP contribution is -2.45. The number of benzene rings is 1. The van der Waals surface area contributed by atoms with Gasteiger partial charge in [-0.3, -0.25) is 0 Å². The zero-order valence-corrected chi connectivity index (χ0v) is 15.5. The van der Waals surface area contributed by atoms with Crippen LogP contribution in [0.2, 0.25) is 0 Å². The highest BCUT2D eigenvalue weighted by atomic mass is 14.9. The molecule has 0 amide bonds. The van der Waals surface area contributed by atoms with Crippen LogP contribution in [0, 0.1) is 11.8 Å². The molecule has 3 atom stereocenters. The van der Waals surface area contributed by atoms with E-state index < -0.39 is 0 Å². The Bertz CT molecular complexity index is 614. The van der Waals surface area contributed by atoms with Gasteiger partial charge in [0.2, 0.25) is 0 Å². The molecule has 0 radical (unpaired) electrons. The number of rotatable bonds is 6. The van der Waals surface area contributed by atoms with E-state index in [1.165, 1.54) is 62.6 Å². The Labute approximate surface area is 148 Å². The monoisotopic (exact) mass is 323 g/mol. The van der Waals surface area contributed by atoms with Crippen molar-refractivity contribution in [3.05, 3.63) is 59.9 Å². The summed E-state index contributed by atoms with van der Waals surface area (Å²) in [5.41, 5.74) is 6.25. The quantitative estimate of drug-likeness (QED) is 0.687. The molecule has 2 aliphatic carbocycles. The SMILES string of the molecule is C=CNC(=C)C1CCCC2(C)c3cc(CCCC)ccc3CCC12. The van der Waals surface area contributed by atoms with Crippen molar-refractivity contribution in [2.24, 2.45) is 11.8 Å². The third-order valence-corrected chi connectivity index (χ3v) is 6.58. The summed E-state index contributed by atoms with van der Waals surface area (Å²) in [5, 5.41) is 3.30. The van der Waals surface area contributed by atoms with E-state index in [1.54, 1.807) is 17.3 Å². The van der Waals surface area contributed by atoms with Crippen molar-refractivity contribution in [2.45, 2.75) is 70.6 Å². The Balaban J connectivity index is 1.93. The van der Waals surface area contributed by atoms with Gasteiger partial charge in [0.1, 0.15) is 0 Å². The fourth-order valence-electron chi connectivity index (χ4n) is 5.25. The molecule has 1 N–H and O–H groups in total. The smallest absolute Gasteiger partial charge is 0.0108 e. The van der Waals surface area contributed by atoms with Crippen molar-refractivity contribution in [2.75, 3.05) is 0 Å². The molecule has 24 heavy (non-hydrogen) atoms. The van der Waals surface area contributed by atoms with E-state index in [-0.39, 0.29) is 0 Å². The molecule has 1 heteroatoms. The van der Waals surface area contributed by atoms with Crippen molar-refractivity contribution < 1.29 is 0 Å². The molecule has 0 spiro atoms. The number of aryl methyl sites for hydroxylation is 2.